The molecule has 0 saturated heterocycles. The van der Waals surface area contributed by atoms with E-state index < -0.39 is 0 Å². The summed E-state index contributed by atoms with van der Waals surface area (Å²) in [6.07, 6.45) is 0.564. The first kappa shape index (κ1) is 16.3. The summed E-state index contributed by atoms with van der Waals surface area (Å²) in [6, 6.07) is -0.0125. The fourth-order valence-corrected chi connectivity index (χ4v) is 1.46. The maximum atomic E-state index is 11.5. The van der Waals surface area contributed by atoms with Crippen LogP contribution in [0.3, 0.4) is 0 Å². The molecule has 1 amide bonds. The van der Waals surface area contributed by atoms with Crippen LogP contribution in [0.25, 0.3) is 0 Å². The highest BCUT2D eigenvalue weighted by Gasteiger charge is 2.11. The van der Waals surface area contributed by atoms with Crippen molar-refractivity contribution in [2.45, 2.75) is 25.4 Å². The monoisotopic (exact) mass is 248 g/mol. The van der Waals surface area contributed by atoms with Gasteiger partial charge >= 0.3 is 0 Å². The second kappa shape index (κ2) is 10.5. The highest BCUT2D eigenvalue weighted by Crippen LogP contribution is 1.91. The zero-order chi connectivity index (χ0) is 13.1. The number of rotatable bonds is 10. The predicted octanol–water partition coefficient (Wildman–Crippen LogP) is -0.875. The molecule has 0 bridgehead atoms. The lowest BCUT2D eigenvalue weighted by molar-refractivity contribution is -0.121. The zero-order valence-corrected chi connectivity index (χ0v) is 10.9. The lowest BCUT2D eigenvalue weighted by atomic mass is 10.2. The first-order valence-corrected chi connectivity index (χ1v) is 5.75. The molecule has 0 spiro atoms. The molecule has 0 aromatic carbocycles. The van der Waals surface area contributed by atoms with Gasteiger partial charge in [0, 0.05) is 32.9 Å². The van der Waals surface area contributed by atoms with E-state index >= 15 is 0 Å². The predicted molar refractivity (Wildman–Crippen MR) is 64.9 cm³/mol. The Bertz CT molecular complexity index is 196. The number of hydrogen-bond acceptors (Lipinski definition) is 5. The van der Waals surface area contributed by atoms with Crippen LogP contribution in [-0.4, -0.2) is 63.7 Å². The van der Waals surface area contributed by atoms with Gasteiger partial charge < -0.3 is 25.2 Å². The topological polar surface area (TPSA) is 79.8 Å². The number of carbonyl (C=O) groups excluding carboxylic acids is 1. The molecule has 17 heavy (non-hydrogen) atoms. The average molecular weight is 248 g/mol. The lowest BCUT2D eigenvalue weighted by Crippen LogP contribution is -2.45. The fourth-order valence-electron chi connectivity index (χ4n) is 1.46. The fraction of sp³-hybridized carbons (Fsp3) is 0.909. The summed E-state index contributed by atoms with van der Waals surface area (Å²) in [5.41, 5.74) is 0. The van der Waals surface area contributed by atoms with Gasteiger partial charge in [0.2, 0.25) is 5.91 Å². The largest absolute Gasteiger partial charge is 0.396 e. The van der Waals surface area contributed by atoms with Gasteiger partial charge in [-0.25, -0.2) is 0 Å². The standard InChI is InChI=1S/C11H24N2O4/c1-9(7-16-2)13-11(15)6-12-10(4-5-14)8-17-3/h9-10,12,14H,4-8H2,1-3H3,(H,13,15). The van der Waals surface area contributed by atoms with Gasteiger partial charge in [-0.15, -0.1) is 0 Å². The molecule has 0 aliphatic heterocycles. The number of aliphatic hydroxyl groups is 1. The van der Waals surface area contributed by atoms with E-state index in [2.05, 4.69) is 10.6 Å². The maximum Gasteiger partial charge on any atom is 0.234 e. The van der Waals surface area contributed by atoms with Gasteiger partial charge in [-0.3, -0.25) is 4.79 Å². The minimum Gasteiger partial charge on any atom is -0.396 e. The van der Waals surface area contributed by atoms with Gasteiger partial charge in [-0.05, 0) is 13.3 Å². The number of nitrogens with one attached hydrogen (secondary N) is 2. The molecular formula is C11H24N2O4. The third kappa shape index (κ3) is 9.05. The first-order valence-electron chi connectivity index (χ1n) is 5.75. The molecule has 0 aliphatic rings. The van der Waals surface area contributed by atoms with Crippen LogP contribution in [0.2, 0.25) is 0 Å². The number of aliphatic hydroxyl groups excluding tert-OH is 1. The summed E-state index contributed by atoms with van der Waals surface area (Å²) in [5, 5.41) is 14.7. The summed E-state index contributed by atoms with van der Waals surface area (Å²) >= 11 is 0. The van der Waals surface area contributed by atoms with Gasteiger partial charge in [0.05, 0.1) is 19.8 Å². The summed E-state index contributed by atoms with van der Waals surface area (Å²) < 4.78 is 9.90. The Morgan fingerprint density at radius 2 is 1.94 bits per heavy atom. The van der Waals surface area contributed by atoms with Crippen molar-refractivity contribution in [1.29, 1.82) is 0 Å². The van der Waals surface area contributed by atoms with Crippen LogP contribution in [0.1, 0.15) is 13.3 Å². The normalized spacial score (nSPS) is 14.4. The van der Waals surface area contributed by atoms with Crippen LogP contribution >= 0.6 is 0 Å². The van der Waals surface area contributed by atoms with Gasteiger partial charge in [-0.2, -0.15) is 0 Å². The first-order chi connectivity index (χ1) is 8.13. The molecule has 3 N–H and O–H groups in total. The lowest BCUT2D eigenvalue weighted by Gasteiger charge is -2.18. The second-order valence-corrected chi connectivity index (χ2v) is 3.97. The van der Waals surface area contributed by atoms with Crippen LogP contribution in [0.15, 0.2) is 0 Å². The molecule has 0 fully saturated rings. The van der Waals surface area contributed by atoms with E-state index in [1.165, 1.54) is 0 Å². The van der Waals surface area contributed by atoms with Crippen molar-refractivity contribution in [2.75, 3.05) is 40.6 Å². The van der Waals surface area contributed by atoms with E-state index in [0.29, 0.717) is 19.6 Å². The SMILES string of the molecule is COCC(C)NC(=O)CNC(CCO)COC. The van der Waals surface area contributed by atoms with E-state index in [1.54, 1.807) is 14.2 Å². The quantitative estimate of drug-likeness (QED) is 0.468. The molecule has 0 saturated carbocycles. The van der Waals surface area contributed by atoms with Crippen LogP contribution in [-0.2, 0) is 14.3 Å². The minimum absolute atomic E-state index is 0.00604. The van der Waals surface area contributed by atoms with Crippen molar-refractivity contribution in [3.8, 4) is 0 Å². The molecule has 102 valence electrons. The van der Waals surface area contributed by atoms with Crippen molar-refractivity contribution in [3.63, 3.8) is 0 Å². The number of hydrogen-bond donors (Lipinski definition) is 3. The van der Waals surface area contributed by atoms with E-state index in [0.717, 1.165) is 0 Å². The van der Waals surface area contributed by atoms with E-state index in [-0.39, 0.29) is 31.1 Å². The molecular weight excluding hydrogens is 224 g/mol. The van der Waals surface area contributed by atoms with Crippen LogP contribution in [0, 0.1) is 0 Å². The van der Waals surface area contributed by atoms with Crippen LogP contribution < -0.4 is 10.6 Å². The second-order valence-electron chi connectivity index (χ2n) is 3.97. The Morgan fingerprint density at radius 3 is 2.47 bits per heavy atom. The third-order valence-electron chi connectivity index (χ3n) is 2.22. The molecule has 6 nitrogen and oxygen atoms in total. The van der Waals surface area contributed by atoms with Crippen LogP contribution in [0.4, 0.5) is 0 Å². The molecule has 2 unspecified atom stereocenters. The Kier molecular flexibility index (Phi) is 10.0. The molecule has 0 radical (unpaired) electrons. The van der Waals surface area contributed by atoms with Crippen molar-refractivity contribution >= 4 is 5.91 Å². The van der Waals surface area contributed by atoms with Crippen molar-refractivity contribution in [2.24, 2.45) is 0 Å². The molecule has 0 heterocycles. The number of amides is 1. The zero-order valence-electron chi connectivity index (χ0n) is 10.9. The molecule has 0 rings (SSSR count). The minimum atomic E-state index is -0.0893. The smallest absolute Gasteiger partial charge is 0.234 e. The average Bonchev–Trinajstić information content (AvgIpc) is 2.27. The molecule has 0 aromatic heterocycles. The van der Waals surface area contributed by atoms with Crippen molar-refractivity contribution in [1.82, 2.24) is 10.6 Å². The Morgan fingerprint density at radius 1 is 1.29 bits per heavy atom. The molecule has 0 aliphatic carbocycles. The summed E-state index contributed by atoms with van der Waals surface area (Å²) in [7, 11) is 3.18. The van der Waals surface area contributed by atoms with E-state index in [4.69, 9.17) is 14.6 Å². The highest BCUT2D eigenvalue weighted by molar-refractivity contribution is 5.78. The number of carbonyl (C=O) groups is 1. The third-order valence-corrected chi connectivity index (χ3v) is 2.22. The molecule has 2 atom stereocenters. The maximum absolute atomic E-state index is 11.5. The number of ether oxygens (including phenoxy) is 2. The van der Waals surface area contributed by atoms with E-state index in [9.17, 15) is 4.79 Å². The van der Waals surface area contributed by atoms with Gasteiger partial charge in [0.15, 0.2) is 0 Å². The van der Waals surface area contributed by atoms with Crippen molar-refractivity contribution < 1.29 is 19.4 Å². The number of methoxy groups -OCH3 is 2. The Hall–Kier alpha value is -0.690. The van der Waals surface area contributed by atoms with Gasteiger partial charge in [-0.1, -0.05) is 0 Å². The highest BCUT2D eigenvalue weighted by atomic mass is 16.5. The molecule has 6 heteroatoms. The van der Waals surface area contributed by atoms with Gasteiger partial charge in [0.25, 0.3) is 0 Å². The summed E-state index contributed by atoms with van der Waals surface area (Å²) in [6.45, 7) is 3.12. The van der Waals surface area contributed by atoms with Crippen molar-refractivity contribution in [3.05, 3.63) is 0 Å². The Labute approximate surface area is 103 Å². The van der Waals surface area contributed by atoms with Gasteiger partial charge in [0.1, 0.15) is 0 Å². The Balaban J connectivity index is 3.78. The summed E-state index contributed by atoms with van der Waals surface area (Å²) in [5.74, 6) is -0.0893. The summed E-state index contributed by atoms with van der Waals surface area (Å²) in [4.78, 5) is 11.5. The van der Waals surface area contributed by atoms with Crippen LogP contribution in [0.5, 0.6) is 0 Å². The van der Waals surface area contributed by atoms with E-state index in [1.807, 2.05) is 6.92 Å². The molecule has 0 aromatic rings.